The van der Waals surface area contributed by atoms with Gasteiger partial charge in [0.15, 0.2) is 23.2 Å². The predicted octanol–water partition coefficient (Wildman–Crippen LogP) is -1.19. The molecular weight excluding hydrogens is 352 g/mol. The number of aliphatic carboxylic acids is 2. The molecule has 10 nitrogen and oxygen atoms in total. The SMILES string of the molecule is O=C(O)C(Cc1ccc(O)c(O)c1)O[C@@H]1C[C@](O)(C(=O)O)C[C@@H](O)[C@H]1O. The largest absolute Gasteiger partial charge is 0.504 e. The van der Waals surface area contributed by atoms with Gasteiger partial charge in [-0.25, -0.2) is 9.59 Å². The smallest absolute Gasteiger partial charge is 0.335 e. The van der Waals surface area contributed by atoms with Gasteiger partial charge in [0.25, 0.3) is 0 Å². The number of hydrogen-bond acceptors (Lipinski definition) is 8. The first-order valence-electron chi connectivity index (χ1n) is 7.74. The number of phenols is 2. The van der Waals surface area contributed by atoms with Crippen LogP contribution in [0.3, 0.4) is 0 Å². The van der Waals surface area contributed by atoms with E-state index in [2.05, 4.69) is 0 Å². The van der Waals surface area contributed by atoms with Gasteiger partial charge in [-0.05, 0) is 17.7 Å². The summed E-state index contributed by atoms with van der Waals surface area (Å²) in [5.74, 6) is -3.89. The van der Waals surface area contributed by atoms with Crippen LogP contribution >= 0.6 is 0 Å². The van der Waals surface area contributed by atoms with Crippen molar-refractivity contribution in [3.05, 3.63) is 23.8 Å². The van der Waals surface area contributed by atoms with Crippen LogP contribution in [0.15, 0.2) is 18.2 Å². The van der Waals surface area contributed by atoms with E-state index in [-0.39, 0.29) is 12.2 Å². The first-order valence-corrected chi connectivity index (χ1v) is 7.74. The van der Waals surface area contributed by atoms with Crippen molar-refractivity contribution in [2.75, 3.05) is 0 Å². The molecule has 2 rings (SSSR count). The number of ether oxygens (including phenoxy) is 1. The lowest BCUT2D eigenvalue weighted by atomic mass is 9.79. The van der Waals surface area contributed by atoms with Gasteiger partial charge < -0.3 is 40.5 Å². The molecule has 1 saturated carbocycles. The molecule has 0 amide bonds. The number of aliphatic hydroxyl groups excluding tert-OH is 2. The summed E-state index contributed by atoms with van der Waals surface area (Å²) in [7, 11) is 0. The van der Waals surface area contributed by atoms with Crippen molar-refractivity contribution in [1.29, 1.82) is 0 Å². The molecule has 10 heteroatoms. The van der Waals surface area contributed by atoms with Gasteiger partial charge in [-0.15, -0.1) is 0 Å². The first-order chi connectivity index (χ1) is 12.0. The number of hydrogen-bond donors (Lipinski definition) is 7. The number of rotatable bonds is 6. The maximum Gasteiger partial charge on any atom is 0.335 e. The van der Waals surface area contributed by atoms with Crippen molar-refractivity contribution < 1.29 is 50.1 Å². The highest BCUT2D eigenvalue weighted by atomic mass is 16.5. The number of carboxylic acids is 2. The number of carboxylic acid groups (broad SMARTS) is 2. The molecule has 0 aliphatic heterocycles. The third-order valence-electron chi connectivity index (χ3n) is 4.33. The molecule has 1 aliphatic carbocycles. The fourth-order valence-corrected chi connectivity index (χ4v) is 2.87. The number of aliphatic hydroxyl groups is 3. The summed E-state index contributed by atoms with van der Waals surface area (Å²) in [6, 6.07) is 3.65. The summed E-state index contributed by atoms with van der Waals surface area (Å²) < 4.78 is 5.28. The molecule has 144 valence electrons. The van der Waals surface area contributed by atoms with Crippen LogP contribution in [-0.2, 0) is 20.7 Å². The molecule has 26 heavy (non-hydrogen) atoms. The van der Waals surface area contributed by atoms with Crippen LogP contribution in [0, 0.1) is 0 Å². The lowest BCUT2D eigenvalue weighted by Gasteiger charge is -2.40. The summed E-state index contributed by atoms with van der Waals surface area (Å²) in [5.41, 5.74) is -2.06. The van der Waals surface area contributed by atoms with Crippen molar-refractivity contribution in [1.82, 2.24) is 0 Å². The number of aromatic hydroxyl groups is 2. The highest BCUT2D eigenvalue weighted by Gasteiger charge is 2.50. The zero-order chi connectivity index (χ0) is 19.6. The number of carbonyl (C=O) groups is 2. The Balaban J connectivity index is 2.18. The maximum absolute atomic E-state index is 11.5. The lowest BCUT2D eigenvalue weighted by molar-refractivity contribution is -0.204. The van der Waals surface area contributed by atoms with E-state index < -0.39 is 60.5 Å². The summed E-state index contributed by atoms with van der Waals surface area (Å²) in [6.07, 6.45) is -7.67. The fourth-order valence-electron chi connectivity index (χ4n) is 2.87. The molecule has 0 saturated heterocycles. The molecule has 1 aliphatic rings. The topological polar surface area (TPSA) is 185 Å². The van der Waals surface area contributed by atoms with Gasteiger partial charge in [-0.3, -0.25) is 0 Å². The van der Waals surface area contributed by atoms with Crippen molar-refractivity contribution >= 4 is 11.9 Å². The van der Waals surface area contributed by atoms with Gasteiger partial charge in [0.1, 0.15) is 6.10 Å². The molecular formula is C16H20O10. The fraction of sp³-hybridized carbons (Fsp3) is 0.500. The van der Waals surface area contributed by atoms with Crippen molar-refractivity contribution in [3.63, 3.8) is 0 Å². The highest BCUT2D eigenvalue weighted by molar-refractivity contribution is 5.77. The Labute approximate surface area is 147 Å². The summed E-state index contributed by atoms with van der Waals surface area (Å²) in [5, 5.41) is 67.0. The third kappa shape index (κ3) is 4.22. The van der Waals surface area contributed by atoms with Gasteiger partial charge >= 0.3 is 11.9 Å². The summed E-state index contributed by atoms with van der Waals surface area (Å²) >= 11 is 0. The van der Waals surface area contributed by atoms with Gasteiger partial charge in [0.05, 0.1) is 12.2 Å². The molecule has 0 radical (unpaired) electrons. The van der Waals surface area contributed by atoms with E-state index in [4.69, 9.17) is 9.84 Å². The standard InChI is InChI=1S/C16H20O10/c17-8-2-1-7(3-9(8)18)4-11(14(21)22)26-12-6-16(25,15(23)24)5-10(19)13(12)20/h1-3,10-13,17-20,25H,4-6H2,(H,21,22)(H,23,24)/t10-,11?,12-,13-,16+/m1/s1. The van der Waals surface area contributed by atoms with Crippen LogP contribution in [-0.4, -0.2) is 77.7 Å². The van der Waals surface area contributed by atoms with Crippen LogP contribution in [0.1, 0.15) is 18.4 Å². The molecule has 7 N–H and O–H groups in total. The van der Waals surface area contributed by atoms with E-state index in [1.54, 1.807) is 0 Å². The normalized spacial score (nSPS) is 29.9. The highest BCUT2D eigenvalue weighted by Crippen LogP contribution is 2.32. The van der Waals surface area contributed by atoms with E-state index in [1.807, 2.05) is 0 Å². The Morgan fingerprint density at radius 3 is 2.35 bits per heavy atom. The average molecular weight is 372 g/mol. The van der Waals surface area contributed by atoms with E-state index in [0.29, 0.717) is 5.56 Å². The molecule has 0 heterocycles. The monoisotopic (exact) mass is 372 g/mol. The molecule has 0 bridgehead atoms. The van der Waals surface area contributed by atoms with Gasteiger partial charge in [-0.1, -0.05) is 6.07 Å². The van der Waals surface area contributed by atoms with Crippen molar-refractivity contribution in [2.24, 2.45) is 0 Å². The molecule has 1 fully saturated rings. The van der Waals surface area contributed by atoms with Crippen molar-refractivity contribution in [3.8, 4) is 11.5 Å². The maximum atomic E-state index is 11.5. The minimum Gasteiger partial charge on any atom is -0.504 e. The molecule has 0 aromatic heterocycles. The van der Waals surface area contributed by atoms with Crippen LogP contribution < -0.4 is 0 Å². The van der Waals surface area contributed by atoms with Crippen LogP contribution in [0.5, 0.6) is 11.5 Å². The third-order valence-corrected chi connectivity index (χ3v) is 4.33. The zero-order valence-electron chi connectivity index (χ0n) is 13.5. The van der Waals surface area contributed by atoms with E-state index in [0.717, 1.165) is 12.1 Å². The Morgan fingerprint density at radius 2 is 1.81 bits per heavy atom. The minimum atomic E-state index is -2.36. The zero-order valence-corrected chi connectivity index (χ0v) is 13.5. The quantitative estimate of drug-likeness (QED) is 0.299. The Bertz CT molecular complexity index is 690. The summed E-state index contributed by atoms with van der Waals surface area (Å²) in [4.78, 5) is 22.6. The molecule has 1 aromatic rings. The second kappa shape index (κ2) is 7.46. The summed E-state index contributed by atoms with van der Waals surface area (Å²) in [6.45, 7) is 0. The van der Waals surface area contributed by atoms with Gasteiger partial charge in [0, 0.05) is 19.3 Å². The van der Waals surface area contributed by atoms with E-state index >= 15 is 0 Å². The Kier molecular flexibility index (Phi) is 5.71. The van der Waals surface area contributed by atoms with Crippen LogP contribution in [0.4, 0.5) is 0 Å². The minimum absolute atomic E-state index is 0.270. The van der Waals surface area contributed by atoms with E-state index in [9.17, 15) is 40.2 Å². The molecule has 0 spiro atoms. The average Bonchev–Trinajstić information content (AvgIpc) is 2.54. The number of phenolic OH excluding ortho intramolecular Hbond substituents is 2. The van der Waals surface area contributed by atoms with Gasteiger partial charge in [0.2, 0.25) is 0 Å². The first kappa shape index (κ1) is 19.9. The lowest BCUT2D eigenvalue weighted by Crippen LogP contribution is -2.57. The van der Waals surface area contributed by atoms with Gasteiger partial charge in [-0.2, -0.15) is 0 Å². The number of benzene rings is 1. The van der Waals surface area contributed by atoms with Crippen LogP contribution in [0.25, 0.3) is 0 Å². The Morgan fingerprint density at radius 1 is 1.15 bits per heavy atom. The second-order valence-electron chi connectivity index (χ2n) is 6.33. The predicted molar refractivity (Wildman–Crippen MR) is 83.6 cm³/mol. The molecule has 1 unspecified atom stereocenters. The van der Waals surface area contributed by atoms with E-state index in [1.165, 1.54) is 6.07 Å². The second-order valence-corrected chi connectivity index (χ2v) is 6.33. The Hall–Kier alpha value is -2.40. The van der Waals surface area contributed by atoms with Crippen molar-refractivity contribution in [2.45, 2.75) is 49.3 Å². The van der Waals surface area contributed by atoms with Crippen LogP contribution in [0.2, 0.25) is 0 Å². The molecule has 1 aromatic carbocycles. The molecule has 5 atom stereocenters.